The Morgan fingerprint density at radius 1 is 1.38 bits per heavy atom. The van der Waals surface area contributed by atoms with Gasteiger partial charge in [0, 0.05) is 31.3 Å². The molecular formula is C16H21ClN4O5. The molecule has 0 spiro atoms. The number of nitro groups is 1. The van der Waals surface area contributed by atoms with E-state index in [0.717, 1.165) is 19.3 Å². The Morgan fingerprint density at radius 2 is 2.15 bits per heavy atom. The molecular weight excluding hydrogens is 364 g/mol. The molecule has 0 bridgehead atoms. The summed E-state index contributed by atoms with van der Waals surface area (Å²) in [6.07, 6.45) is 2.78. The van der Waals surface area contributed by atoms with Crippen molar-refractivity contribution in [2.24, 2.45) is 5.73 Å². The van der Waals surface area contributed by atoms with Crippen molar-refractivity contribution in [2.75, 3.05) is 31.1 Å². The van der Waals surface area contributed by atoms with Crippen LogP contribution >= 0.6 is 12.4 Å². The van der Waals surface area contributed by atoms with Gasteiger partial charge in [-0.15, -0.1) is 12.4 Å². The topological polar surface area (TPSA) is 119 Å². The van der Waals surface area contributed by atoms with Gasteiger partial charge in [0.15, 0.2) is 6.61 Å². The van der Waals surface area contributed by atoms with Gasteiger partial charge in [0.2, 0.25) is 5.91 Å². The van der Waals surface area contributed by atoms with Gasteiger partial charge in [0.1, 0.15) is 12.3 Å². The Bertz CT molecular complexity index is 714. The van der Waals surface area contributed by atoms with Crippen LogP contribution in [0.3, 0.4) is 0 Å². The number of likely N-dealkylation sites (tertiary alicyclic amines) is 1. The molecule has 0 aliphatic carbocycles. The first kappa shape index (κ1) is 19.9. The number of piperidine rings is 1. The summed E-state index contributed by atoms with van der Waals surface area (Å²) in [5, 5.41) is 11.0. The van der Waals surface area contributed by atoms with Crippen LogP contribution in [-0.4, -0.2) is 53.9 Å². The largest absolute Gasteiger partial charge is 0.482 e. The lowest BCUT2D eigenvalue weighted by Gasteiger charge is -2.37. The second kappa shape index (κ2) is 8.33. The predicted molar refractivity (Wildman–Crippen MR) is 96.6 cm³/mol. The zero-order valence-electron chi connectivity index (χ0n) is 14.1. The normalized spacial score (nSPS) is 19.3. The summed E-state index contributed by atoms with van der Waals surface area (Å²) >= 11 is 0. The highest BCUT2D eigenvalue weighted by Gasteiger charge is 2.32. The third kappa shape index (κ3) is 3.88. The molecule has 1 atom stereocenters. The van der Waals surface area contributed by atoms with Gasteiger partial charge in [0.05, 0.1) is 10.6 Å². The molecule has 2 amide bonds. The van der Waals surface area contributed by atoms with Crippen LogP contribution in [0.2, 0.25) is 0 Å². The van der Waals surface area contributed by atoms with Crippen LogP contribution in [-0.2, 0) is 9.59 Å². The molecule has 1 saturated heterocycles. The summed E-state index contributed by atoms with van der Waals surface area (Å²) in [6, 6.07) is 3.99. The fourth-order valence-electron chi connectivity index (χ4n) is 3.28. The van der Waals surface area contributed by atoms with Crippen LogP contribution in [0, 0.1) is 10.1 Å². The highest BCUT2D eigenvalue weighted by molar-refractivity contribution is 6.02. The maximum atomic E-state index is 12.7. The van der Waals surface area contributed by atoms with Gasteiger partial charge in [-0.25, -0.2) is 0 Å². The first-order valence-electron chi connectivity index (χ1n) is 8.22. The smallest absolute Gasteiger partial charge is 0.271 e. The van der Waals surface area contributed by atoms with Crippen molar-refractivity contribution in [3.63, 3.8) is 0 Å². The number of carbonyl (C=O) groups is 2. The average Bonchev–Trinajstić information content (AvgIpc) is 2.63. The van der Waals surface area contributed by atoms with E-state index in [4.69, 9.17) is 10.5 Å². The van der Waals surface area contributed by atoms with Crippen molar-refractivity contribution in [3.8, 4) is 5.75 Å². The summed E-state index contributed by atoms with van der Waals surface area (Å²) in [6.45, 7) is 0.622. The Morgan fingerprint density at radius 3 is 2.85 bits per heavy atom. The first-order valence-corrected chi connectivity index (χ1v) is 8.22. The van der Waals surface area contributed by atoms with E-state index < -0.39 is 10.8 Å². The number of anilines is 1. The van der Waals surface area contributed by atoms with E-state index >= 15 is 0 Å². The van der Waals surface area contributed by atoms with Gasteiger partial charge in [-0.3, -0.25) is 24.6 Å². The quantitative estimate of drug-likeness (QED) is 0.612. The molecule has 142 valence electrons. The molecule has 1 aromatic carbocycles. The standard InChI is InChI=1S/C16H20N4O5.ClH/c17-8-12-3-1-2-6-18(12)15(21)9-19-13-7-11(20(23)24)4-5-14(13)25-10-16(19)22;/h4-5,7,12H,1-3,6,8-10,17H2;1H. The lowest BCUT2D eigenvalue weighted by Crippen LogP contribution is -2.52. The Kier molecular flexibility index (Phi) is 6.38. The number of hydrogen-bond acceptors (Lipinski definition) is 6. The third-order valence-corrected chi connectivity index (χ3v) is 4.61. The molecule has 2 N–H and O–H groups in total. The van der Waals surface area contributed by atoms with E-state index in [9.17, 15) is 19.7 Å². The molecule has 2 aliphatic rings. The van der Waals surface area contributed by atoms with E-state index in [1.54, 1.807) is 4.90 Å². The van der Waals surface area contributed by atoms with Crippen LogP contribution in [0.4, 0.5) is 11.4 Å². The molecule has 9 nitrogen and oxygen atoms in total. The van der Waals surface area contributed by atoms with E-state index in [1.807, 2.05) is 0 Å². The monoisotopic (exact) mass is 384 g/mol. The maximum Gasteiger partial charge on any atom is 0.271 e. The molecule has 1 aromatic rings. The minimum absolute atomic E-state index is 0. The number of amides is 2. The molecule has 1 unspecified atom stereocenters. The lowest BCUT2D eigenvalue weighted by molar-refractivity contribution is -0.384. The number of halogens is 1. The molecule has 0 saturated carbocycles. The van der Waals surface area contributed by atoms with Gasteiger partial charge in [-0.1, -0.05) is 0 Å². The van der Waals surface area contributed by atoms with Crippen LogP contribution in [0.5, 0.6) is 5.75 Å². The van der Waals surface area contributed by atoms with Gasteiger partial charge in [0.25, 0.3) is 11.6 Å². The van der Waals surface area contributed by atoms with Crippen LogP contribution < -0.4 is 15.4 Å². The molecule has 3 rings (SSSR count). The van der Waals surface area contributed by atoms with Crippen molar-refractivity contribution >= 4 is 35.6 Å². The summed E-state index contributed by atoms with van der Waals surface area (Å²) in [5.41, 5.74) is 5.84. The second-order valence-corrected chi connectivity index (χ2v) is 6.15. The molecule has 0 aromatic heterocycles. The first-order chi connectivity index (χ1) is 12.0. The zero-order valence-corrected chi connectivity index (χ0v) is 14.9. The minimum atomic E-state index is -0.547. The zero-order chi connectivity index (χ0) is 18.0. The van der Waals surface area contributed by atoms with E-state index in [0.29, 0.717) is 18.8 Å². The molecule has 10 heteroatoms. The maximum absolute atomic E-state index is 12.7. The molecule has 0 radical (unpaired) electrons. The van der Waals surface area contributed by atoms with Gasteiger partial charge < -0.3 is 15.4 Å². The number of non-ortho nitro benzene ring substituents is 1. The number of fused-ring (bicyclic) bond motifs is 1. The molecule has 26 heavy (non-hydrogen) atoms. The number of nitrogens with zero attached hydrogens (tertiary/aromatic N) is 3. The SMILES string of the molecule is Cl.NCC1CCCCN1C(=O)CN1C(=O)COc2ccc([N+](=O)[O-])cc21. The summed E-state index contributed by atoms with van der Waals surface area (Å²) < 4.78 is 5.31. The number of benzene rings is 1. The molecule has 2 aliphatic heterocycles. The number of nitrogens with two attached hydrogens (primary N) is 1. The van der Waals surface area contributed by atoms with E-state index in [1.165, 1.54) is 23.1 Å². The fourth-order valence-corrected chi connectivity index (χ4v) is 3.28. The number of rotatable bonds is 4. The fraction of sp³-hybridized carbons (Fsp3) is 0.500. The molecule has 2 heterocycles. The van der Waals surface area contributed by atoms with Crippen LogP contribution in [0.1, 0.15) is 19.3 Å². The third-order valence-electron chi connectivity index (χ3n) is 4.61. The average molecular weight is 385 g/mol. The predicted octanol–water partition coefficient (Wildman–Crippen LogP) is 1.08. The Hall–Kier alpha value is -2.39. The van der Waals surface area contributed by atoms with Gasteiger partial charge >= 0.3 is 0 Å². The van der Waals surface area contributed by atoms with E-state index in [2.05, 4.69) is 0 Å². The number of carbonyl (C=O) groups excluding carboxylic acids is 2. The number of nitro benzene ring substituents is 1. The van der Waals surface area contributed by atoms with Crippen LogP contribution in [0.15, 0.2) is 18.2 Å². The number of ether oxygens (including phenoxy) is 1. The summed E-state index contributed by atoms with van der Waals surface area (Å²) in [5.74, 6) is -0.252. The second-order valence-electron chi connectivity index (χ2n) is 6.15. The summed E-state index contributed by atoms with van der Waals surface area (Å²) in [4.78, 5) is 38.4. The highest BCUT2D eigenvalue weighted by atomic mass is 35.5. The van der Waals surface area contributed by atoms with Crippen molar-refractivity contribution in [1.29, 1.82) is 0 Å². The van der Waals surface area contributed by atoms with E-state index in [-0.39, 0.29) is 48.9 Å². The van der Waals surface area contributed by atoms with Crippen LogP contribution in [0.25, 0.3) is 0 Å². The minimum Gasteiger partial charge on any atom is -0.482 e. The van der Waals surface area contributed by atoms with Crippen molar-refractivity contribution in [1.82, 2.24) is 4.90 Å². The van der Waals surface area contributed by atoms with Gasteiger partial charge in [-0.05, 0) is 25.3 Å². The molecule has 1 fully saturated rings. The number of hydrogen-bond donors (Lipinski definition) is 1. The van der Waals surface area contributed by atoms with Crippen molar-refractivity contribution in [2.45, 2.75) is 25.3 Å². The van der Waals surface area contributed by atoms with Crippen molar-refractivity contribution < 1.29 is 19.2 Å². The summed E-state index contributed by atoms with van der Waals surface area (Å²) in [7, 11) is 0. The van der Waals surface area contributed by atoms with Gasteiger partial charge in [-0.2, -0.15) is 0 Å². The highest BCUT2D eigenvalue weighted by Crippen LogP contribution is 2.35. The lowest BCUT2D eigenvalue weighted by atomic mass is 10.0. The Balaban J connectivity index is 0.00000243. The van der Waals surface area contributed by atoms with Crippen molar-refractivity contribution in [3.05, 3.63) is 28.3 Å². The Labute approximate surface area is 156 Å².